The van der Waals surface area contributed by atoms with Crippen molar-refractivity contribution in [1.29, 1.82) is 0 Å². The van der Waals surface area contributed by atoms with Crippen molar-refractivity contribution in [1.82, 2.24) is 9.97 Å². The molecule has 9 nitrogen and oxygen atoms in total. The maximum atomic E-state index is 12.5. The molecule has 0 N–H and O–H groups in total. The SMILES string of the molecule is Cc1ccccc1Oc1nc(S(C)(=O)=O)ncc1C(=O)OOC(=O)c1cccc(Cl)c1. The number of nitrogens with zero attached hydrogens (tertiary/aromatic N) is 2. The average Bonchev–Trinajstić information content (AvgIpc) is 2.72. The number of carbonyl (C=O) groups is 2. The van der Waals surface area contributed by atoms with Gasteiger partial charge in [0.25, 0.3) is 0 Å². The van der Waals surface area contributed by atoms with E-state index in [0.717, 1.165) is 12.5 Å². The van der Waals surface area contributed by atoms with E-state index in [2.05, 4.69) is 19.7 Å². The molecule has 1 aromatic heterocycles. The summed E-state index contributed by atoms with van der Waals surface area (Å²) in [7, 11) is -3.79. The van der Waals surface area contributed by atoms with Crippen LogP contribution in [-0.2, 0) is 19.6 Å². The summed E-state index contributed by atoms with van der Waals surface area (Å²) in [6, 6.07) is 12.6. The highest BCUT2D eigenvalue weighted by molar-refractivity contribution is 7.90. The number of carbonyl (C=O) groups excluding carboxylic acids is 2. The van der Waals surface area contributed by atoms with Crippen LogP contribution in [0.2, 0.25) is 5.02 Å². The third-order valence-corrected chi connectivity index (χ3v) is 4.93. The van der Waals surface area contributed by atoms with Crippen LogP contribution in [0.4, 0.5) is 0 Å². The van der Waals surface area contributed by atoms with E-state index in [0.29, 0.717) is 16.3 Å². The first-order chi connectivity index (χ1) is 14.6. The zero-order valence-electron chi connectivity index (χ0n) is 16.2. The molecule has 3 rings (SSSR count). The van der Waals surface area contributed by atoms with Crippen LogP contribution >= 0.6 is 11.6 Å². The number of para-hydroxylation sites is 1. The lowest BCUT2D eigenvalue weighted by molar-refractivity contribution is -0.187. The van der Waals surface area contributed by atoms with Gasteiger partial charge in [0, 0.05) is 11.3 Å². The smallest absolute Gasteiger partial charge is 0.393 e. The number of ether oxygens (including phenoxy) is 1. The van der Waals surface area contributed by atoms with E-state index in [1.165, 1.54) is 18.2 Å². The molecule has 0 radical (unpaired) electrons. The molecule has 0 spiro atoms. The third kappa shape index (κ3) is 5.56. The Balaban J connectivity index is 1.87. The fourth-order valence-electron chi connectivity index (χ4n) is 2.31. The molecule has 0 bridgehead atoms. The molecule has 2 aromatic carbocycles. The first kappa shape index (κ1) is 22.2. The molecule has 0 atom stereocenters. The molecule has 0 aliphatic rings. The van der Waals surface area contributed by atoms with Crippen LogP contribution in [0, 0.1) is 6.92 Å². The highest BCUT2D eigenvalue weighted by atomic mass is 35.5. The minimum Gasteiger partial charge on any atom is -0.438 e. The van der Waals surface area contributed by atoms with Gasteiger partial charge >= 0.3 is 11.9 Å². The van der Waals surface area contributed by atoms with Crippen LogP contribution < -0.4 is 4.74 Å². The summed E-state index contributed by atoms with van der Waals surface area (Å²) in [5.74, 6) is -2.19. The Morgan fingerprint density at radius 1 is 1.00 bits per heavy atom. The second kappa shape index (κ2) is 9.11. The summed E-state index contributed by atoms with van der Waals surface area (Å²) >= 11 is 5.81. The normalized spacial score (nSPS) is 10.9. The molecule has 1 heterocycles. The second-order valence-electron chi connectivity index (χ2n) is 6.26. The zero-order valence-corrected chi connectivity index (χ0v) is 17.8. The molecule has 0 amide bonds. The molecule has 11 heteroatoms. The summed E-state index contributed by atoms with van der Waals surface area (Å²) in [6.07, 6.45) is 1.82. The van der Waals surface area contributed by atoms with Gasteiger partial charge in [-0.15, -0.1) is 0 Å². The monoisotopic (exact) mass is 462 g/mol. The van der Waals surface area contributed by atoms with Crippen LogP contribution in [0.25, 0.3) is 0 Å². The van der Waals surface area contributed by atoms with Gasteiger partial charge in [0.15, 0.2) is 0 Å². The third-order valence-electron chi connectivity index (χ3n) is 3.84. The Hall–Kier alpha value is -3.50. The Kier molecular flexibility index (Phi) is 6.52. The van der Waals surface area contributed by atoms with Gasteiger partial charge in [0.2, 0.25) is 20.9 Å². The lowest BCUT2D eigenvalue weighted by Crippen LogP contribution is -2.15. The lowest BCUT2D eigenvalue weighted by atomic mass is 10.2. The first-order valence-electron chi connectivity index (χ1n) is 8.64. The van der Waals surface area contributed by atoms with Gasteiger partial charge in [-0.1, -0.05) is 35.9 Å². The maximum absolute atomic E-state index is 12.5. The number of hydrogen-bond donors (Lipinski definition) is 0. The van der Waals surface area contributed by atoms with Crippen LogP contribution in [0.5, 0.6) is 11.6 Å². The summed E-state index contributed by atoms with van der Waals surface area (Å²) in [5.41, 5.74) is 0.406. The lowest BCUT2D eigenvalue weighted by Gasteiger charge is -2.11. The van der Waals surface area contributed by atoms with E-state index in [9.17, 15) is 18.0 Å². The molecule has 3 aromatic rings. The van der Waals surface area contributed by atoms with E-state index in [-0.39, 0.29) is 17.0 Å². The van der Waals surface area contributed by atoms with Crippen molar-refractivity contribution < 1.29 is 32.5 Å². The van der Waals surface area contributed by atoms with Crippen molar-refractivity contribution in [2.75, 3.05) is 6.26 Å². The maximum Gasteiger partial charge on any atom is 0.393 e. The van der Waals surface area contributed by atoms with Crippen LogP contribution in [0.1, 0.15) is 26.3 Å². The van der Waals surface area contributed by atoms with E-state index in [4.69, 9.17) is 16.3 Å². The largest absolute Gasteiger partial charge is 0.438 e. The number of aromatic nitrogens is 2. The van der Waals surface area contributed by atoms with Crippen LogP contribution in [-0.4, -0.2) is 36.6 Å². The molecule has 0 aliphatic carbocycles. The molecule has 0 saturated heterocycles. The number of sulfone groups is 1. The van der Waals surface area contributed by atoms with Gasteiger partial charge in [-0.3, -0.25) is 0 Å². The van der Waals surface area contributed by atoms with E-state index in [1.54, 1.807) is 37.3 Å². The Bertz CT molecular complexity index is 1260. The highest BCUT2D eigenvalue weighted by Crippen LogP contribution is 2.27. The standard InChI is InChI=1S/C20H15ClN2O7S/c1-12-6-3-4-9-16(12)28-17-15(11-22-20(23-17)31(2,26)27)19(25)30-29-18(24)13-7-5-8-14(21)10-13/h3-11H,1-2H3. The van der Waals surface area contributed by atoms with Crippen LogP contribution in [0.15, 0.2) is 59.9 Å². The summed E-state index contributed by atoms with van der Waals surface area (Å²) in [5, 5.41) is -0.261. The molecule has 0 aliphatic heterocycles. The van der Waals surface area contributed by atoms with Gasteiger partial charge in [-0.25, -0.2) is 32.8 Å². The van der Waals surface area contributed by atoms with E-state index in [1.807, 2.05) is 0 Å². The summed E-state index contributed by atoms with van der Waals surface area (Å²) in [6.45, 7) is 1.75. The molecule has 31 heavy (non-hydrogen) atoms. The fraction of sp³-hybridized carbons (Fsp3) is 0.100. The molecular weight excluding hydrogens is 448 g/mol. The summed E-state index contributed by atoms with van der Waals surface area (Å²) < 4.78 is 29.2. The number of rotatable bonds is 5. The van der Waals surface area contributed by atoms with Gasteiger partial charge in [0.05, 0.1) is 11.8 Å². The van der Waals surface area contributed by atoms with Crippen molar-refractivity contribution in [3.8, 4) is 11.6 Å². The van der Waals surface area contributed by atoms with E-state index >= 15 is 0 Å². The van der Waals surface area contributed by atoms with Gasteiger partial charge in [-0.2, -0.15) is 4.98 Å². The van der Waals surface area contributed by atoms with Crippen molar-refractivity contribution in [2.45, 2.75) is 12.1 Å². The minimum atomic E-state index is -3.79. The van der Waals surface area contributed by atoms with Gasteiger partial charge < -0.3 is 4.74 Å². The van der Waals surface area contributed by atoms with Crippen molar-refractivity contribution in [3.05, 3.63) is 76.4 Å². The van der Waals surface area contributed by atoms with Gasteiger partial charge in [0.1, 0.15) is 11.3 Å². The number of aryl methyl sites for hydroxylation is 1. The van der Waals surface area contributed by atoms with Crippen molar-refractivity contribution in [2.24, 2.45) is 0 Å². The van der Waals surface area contributed by atoms with Crippen molar-refractivity contribution in [3.63, 3.8) is 0 Å². The topological polar surface area (TPSA) is 122 Å². The van der Waals surface area contributed by atoms with E-state index < -0.39 is 26.9 Å². The fourth-order valence-corrected chi connectivity index (χ4v) is 2.99. The predicted octanol–water partition coefficient (Wildman–Crippen LogP) is 3.56. The number of hydrogen-bond acceptors (Lipinski definition) is 9. The summed E-state index contributed by atoms with van der Waals surface area (Å²) in [4.78, 5) is 41.1. The Morgan fingerprint density at radius 2 is 1.71 bits per heavy atom. The number of halogens is 1. The Morgan fingerprint density at radius 3 is 2.39 bits per heavy atom. The van der Waals surface area contributed by atoms with Gasteiger partial charge in [-0.05, 0) is 36.8 Å². The molecule has 0 saturated carbocycles. The molecule has 160 valence electrons. The molecule has 0 fully saturated rings. The highest BCUT2D eigenvalue weighted by Gasteiger charge is 2.24. The van der Waals surface area contributed by atoms with Crippen LogP contribution in [0.3, 0.4) is 0 Å². The minimum absolute atomic E-state index is 0.0559. The predicted molar refractivity (Wildman–Crippen MR) is 109 cm³/mol. The Labute approximate surface area is 182 Å². The van der Waals surface area contributed by atoms with Crippen molar-refractivity contribution >= 4 is 33.4 Å². The first-order valence-corrected chi connectivity index (χ1v) is 10.9. The zero-order chi connectivity index (χ0) is 22.6. The molecular formula is C20H15ClN2O7S. The number of benzene rings is 2. The second-order valence-corrected chi connectivity index (χ2v) is 8.61. The molecule has 0 unspecified atom stereocenters. The quantitative estimate of drug-likeness (QED) is 0.318. The average molecular weight is 463 g/mol.